The standard InChI is InChI=1S/C28H32O12/c1-15(30)36-21-6-5-7-22(24(21)20(33)13-10-18-8-11-19(35-4)12-9-18)39-28-27(38-17(3)32)26(37-16(2)31)25(34)23(14-29)40-28/h5-9,11-12,23,25-29,34H,10,13-14H2,1-4H3/t23-,25-,26+,27-,28?/m1/s1. The van der Waals surface area contributed by atoms with E-state index in [9.17, 15) is 29.4 Å². The van der Waals surface area contributed by atoms with Crippen LogP contribution in [0.2, 0.25) is 0 Å². The van der Waals surface area contributed by atoms with Gasteiger partial charge < -0.3 is 38.6 Å². The quantitative estimate of drug-likeness (QED) is 0.233. The highest BCUT2D eigenvalue weighted by molar-refractivity contribution is 6.02. The first-order valence-corrected chi connectivity index (χ1v) is 12.5. The van der Waals surface area contributed by atoms with Crippen molar-refractivity contribution in [1.82, 2.24) is 0 Å². The van der Waals surface area contributed by atoms with Crippen LogP contribution in [0.15, 0.2) is 42.5 Å². The highest BCUT2D eigenvalue weighted by atomic mass is 16.7. The summed E-state index contributed by atoms with van der Waals surface area (Å²) < 4.78 is 32.5. The number of carbonyl (C=O) groups excluding carboxylic acids is 4. The summed E-state index contributed by atoms with van der Waals surface area (Å²) in [5, 5.41) is 20.4. The van der Waals surface area contributed by atoms with E-state index < -0.39 is 61.0 Å². The number of aliphatic hydroxyl groups is 2. The van der Waals surface area contributed by atoms with Gasteiger partial charge in [-0.05, 0) is 36.2 Å². The molecule has 1 aliphatic heterocycles. The minimum atomic E-state index is -1.56. The van der Waals surface area contributed by atoms with Crippen LogP contribution < -0.4 is 14.2 Å². The van der Waals surface area contributed by atoms with E-state index >= 15 is 0 Å². The first-order chi connectivity index (χ1) is 19.0. The zero-order valence-corrected chi connectivity index (χ0v) is 22.5. The molecule has 2 aromatic carbocycles. The van der Waals surface area contributed by atoms with Crippen LogP contribution in [-0.2, 0) is 35.0 Å². The number of carbonyl (C=O) groups is 4. The highest BCUT2D eigenvalue weighted by Gasteiger charge is 2.50. The van der Waals surface area contributed by atoms with E-state index in [1.807, 2.05) is 12.1 Å². The number of ether oxygens (including phenoxy) is 6. The second-order valence-electron chi connectivity index (χ2n) is 8.98. The van der Waals surface area contributed by atoms with Gasteiger partial charge in [-0.15, -0.1) is 0 Å². The lowest BCUT2D eigenvalue weighted by Gasteiger charge is -2.42. The number of hydrogen-bond acceptors (Lipinski definition) is 12. The van der Waals surface area contributed by atoms with Crippen LogP contribution in [0.4, 0.5) is 0 Å². The van der Waals surface area contributed by atoms with Gasteiger partial charge in [0.15, 0.2) is 11.9 Å². The maximum atomic E-state index is 13.5. The molecule has 1 fully saturated rings. The van der Waals surface area contributed by atoms with Crippen molar-refractivity contribution in [2.24, 2.45) is 0 Å². The smallest absolute Gasteiger partial charge is 0.308 e. The van der Waals surface area contributed by atoms with Gasteiger partial charge in [0.1, 0.15) is 35.0 Å². The molecule has 216 valence electrons. The van der Waals surface area contributed by atoms with Gasteiger partial charge in [-0.3, -0.25) is 19.2 Å². The van der Waals surface area contributed by atoms with Crippen molar-refractivity contribution in [3.05, 3.63) is 53.6 Å². The molecule has 1 saturated heterocycles. The molecule has 0 amide bonds. The van der Waals surface area contributed by atoms with E-state index in [2.05, 4.69) is 0 Å². The normalized spacial score (nSPS) is 22.1. The van der Waals surface area contributed by atoms with Crippen molar-refractivity contribution in [3.8, 4) is 17.2 Å². The molecule has 0 spiro atoms. The molecule has 12 nitrogen and oxygen atoms in total. The van der Waals surface area contributed by atoms with E-state index in [0.717, 1.165) is 19.4 Å². The minimum absolute atomic E-state index is 0.00785. The van der Waals surface area contributed by atoms with Crippen LogP contribution >= 0.6 is 0 Å². The fourth-order valence-corrected chi connectivity index (χ4v) is 4.20. The zero-order chi connectivity index (χ0) is 29.4. The number of ketones is 1. The Bertz CT molecular complexity index is 1210. The molecule has 2 N–H and O–H groups in total. The Balaban J connectivity index is 1.96. The molecule has 40 heavy (non-hydrogen) atoms. The molecule has 0 aromatic heterocycles. The van der Waals surface area contributed by atoms with Crippen molar-refractivity contribution in [1.29, 1.82) is 0 Å². The highest BCUT2D eigenvalue weighted by Crippen LogP contribution is 2.35. The van der Waals surface area contributed by atoms with Gasteiger partial charge in [0.2, 0.25) is 12.4 Å². The topological polar surface area (TPSA) is 164 Å². The van der Waals surface area contributed by atoms with Gasteiger partial charge >= 0.3 is 17.9 Å². The second kappa shape index (κ2) is 13.9. The number of hydrogen-bond donors (Lipinski definition) is 2. The van der Waals surface area contributed by atoms with E-state index in [-0.39, 0.29) is 23.5 Å². The van der Waals surface area contributed by atoms with Crippen LogP contribution in [-0.4, -0.2) is 78.3 Å². The first-order valence-electron chi connectivity index (χ1n) is 12.5. The molecule has 2 aromatic rings. The second-order valence-corrected chi connectivity index (χ2v) is 8.98. The molecule has 12 heteroatoms. The fraction of sp³-hybridized carbons (Fsp3) is 0.429. The van der Waals surface area contributed by atoms with Crippen molar-refractivity contribution in [2.75, 3.05) is 13.7 Å². The van der Waals surface area contributed by atoms with Gasteiger partial charge in [0, 0.05) is 27.2 Å². The first kappa shape index (κ1) is 30.5. The number of Topliss-reactive ketones (excluding diaryl/α,β-unsaturated/α-hetero) is 1. The predicted molar refractivity (Wildman–Crippen MR) is 137 cm³/mol. The van der Waals surface area contributed by atoms with E-state index in [0.29, 0.717) is 12.2 Å². The molecule has 0 saturated carbocycles. The lowest BCUT2D eigenvalue weighted by molar-refractivity contribution is -0.285. The molecule has 0 aliphatic carbocycles. The summed E-state index contributed by atoms with van der Waals surface area (Å²) in [7, 11) is 1.55. The maximum Gasteiger partial charge on any atom is 0.308 e. The van der Waals surface area contributed by atoms with Gasteiger partial charge in [0.05, 0.1) is 13.7 Å². The SMILES string of the molecule is COc1ccc(CCC(=O)c2c(OC(C)=O)cccc2OC2O[C@H](CO)[C@@H](O)[C@H](OC(C)=O)[C@H]2OC(C)=O)cc1. The summed E-state index contributed by atoms with van der Waals surface area (Å²) in [6.07, 6.45) is -6.95. The molecule has 1 heterocycles. The van der Waals surface area contributed by atoms with E-state index in [1.165, 1.54) is 25.1 Å². The molecule has 3 rings (SSSR count). The number of rotatable bonds is 11. The van der Waals surface area contributed by atoms with Crippen molar-refractivity contribution >= 4 is 23.7 Å². The van der Waals surface area contributed by atoms with Crippen LogP contribution in [0.5, 0.6) is 17.2 Å². The Morgan fingerprint density at radius 3 is 2.08 bits per heavy atom. The average Bonchev–Trinajstić information content (AvgIpc) is 2.90. The third kappa shape index (κ3) is 7.78. The third-order valence-corrected chi connectivity index (χ3v) is 5.97. The van der Waals surface area contributed by atoms with Crippen molar-refractivity contribution < 1.29 is 57.8 Å². The number of esters is 3. The maximum absolute atomic E-state index is 13.5. The Morgan fingerprint density at radius 2 is 1.50 bits per heavy atom. The lowest BCUT2D eigenvalue weighted by Crippen LogP contribution is -2.62. The Labute approximate surface area is 230 Å². The summed E-state index contributed by atoms with van der Waals surface area (Å²) >= 11 is 0. The van der Waals surface area contributed by atoms with E-state index in [1.54, 1.807) is 19.2 Å². The number of aryl methyl sites for hydroxylation is 1. The van der Waals surface area contributed by atoms with Gasteiger partial charge in [0.25, 0.3) is 0 Å². The largest absolute Gasteiger partial charge is 0.497 e. The molecule has 1 unspecified atom stereocenters. The van der Waals surface area contributed by atoms with Gasteiger partial charge in [-0.2, -0.15) is 0 Å². The fourth-order valence-electron chi connectivity index (χ4n) is 4.20. The number of aliphatic hydroxyl groups excluding tert-OH is 2. The van der Waals surface area contributed by atoms with Gasteiger partial charge in [-0.1, -0.05) is 18.2 Å². The number of benzene rings is 2. The lowest BCUT2D eigenvalue weighted by atomic mass is 9.98. The van der Waals surface area contributed by atoms with Crippen LogP contribution in [0, 0.1) is 0 Å². The summed E-state index contributed by atoms with van der Waals surface area (Å²) in [6, 6.07) is 11.5. The molecule has 1 aliphatic rings. The summed E-state index contributed by atoms with van der Waals surface area (Å²) in [5.41, 5.74) is 0.781. The van der Waals surface area contributed by atoms with Crippen molar-refractivity contribution in [2.45, 2.75) is 64.3 Å². The Morgan fingerprint density at radius 1 is 0.875 bits per heavy atom. The van der Waals surface area contributed by atoms with E-state index in [4.69, 9.17) is 28.4 Å². The van der Waals surface area contributed by atoms with Crippen molar-refractivity contribution in [3.63, 3.8) is 0 Å². The summed E-state index contributed by atoms with van der Waals surface area (Å²) in [4.78, 5) is 48.9. The van der Waals surface area contributed by atoms with Crippen LogP contribution in [0.25, 0.3) is 0 Å². The number of methoxy groups -OCH3 is 1. The predicted octanol–water partition coefficient (Wildman–Crippen LogP) is 1.76. The Hall–Kier alpha value is -4.00. The molecular formula is C28H32O12. The van der Waals surface area contributed by atoms with Crippen LogP contribution in [0.3, 0.4) is 0 Å². The Kier molecular flexibility index (Phi) is 10.6. The monoisotopic (exact) mass is 560 g/mol. The molecular weight excluding hydrogens is 528 g/mol. The van der Waals surface area contributed by atoms with Gasteiger partial charge in [-0.25, -0.2) is 0 Å². The zero-order valence-electron chi connectivity index (χ0n) is 22.5. The summed E-state index contributed by atoms with van der Waals surface area (Å²) in [6.45, 7) is 2.69. The van der Waals surface area contributed by atoms with Crippen LogP contribution in [0.1, 0.15) is 43.1 Å². The molecule has 0 radical (unpaired) electrons. The molecule has 0 bridgehead atoms. The summed E-state index contributed by atoms with van der Waals surface area (Å²) in [5.74, 6) is -2.18. The molecule has 5 atom stereocenters. The third-order valence-electron chi connectivity index (χ3n) is 5.97. The minimum Gasteiger partial charge on any atom is -0.497 e. The average molecular weight is 561 g/mol.